The third-order valence-corrected chi connectivity index (χ3v) is 10.7. The molecule has 2 aromatic heterocycles. The molecule has 3 unspecified atom stereocenters. The standard InChI is InChI=1S/C31H41FN6O2S/c1-21(32)29(39)38-15-14-37(19-23(38)8-12-33-2)28-25-6-10-31(11-7-27-22(17-31)9-16-41-27)18-26(25)34-30(35-28)40-20-24-5-4-13-36(24)3/h9,12,16,23-24H,1,4-8,10-11,13-15,17-20H2,2-3H3. The zero-order valence-electron chi connectivity index (χ0n) is 24.3. The largest absolute Gasteiger partial charge is 0.462 e. The molecule has 0 aromatic carbocycles. The van der Waals surface area contributed by atoms with Crippen LogP contribution in [0.15, 0.2) is 28.8 Å². The van der Waals surface area contributed by atoms with Gasteiger partial charge < -0.3 is 24.4 Å². The Balaban J connectivity index is 1.30. The number of aromatic nitrogens is 2. The average molecular weight is 581 g/mol. The number of carbonyl (C=O) groups excluding carboxylic acids is 1. The van der Waals surface area contributed by atoms with Gasteiger partial charge in [-0.15, -0.1) is 11.3 Å². The molecule has 0 N–H and O–H groups in total. The number of halogens is 1. The summed E-state index contributed by atoms with van der Waals surface area (Å²) in [6, 6.07) is 2.91. The zero-order chi connectivity index (χ0) is 28.6. The number of likely N-dealkylation sites (N-methyl/N-ethyl adjacent to an activating group) is 1. The minimum absolute atomic E-state index is 0.222. The second kappa shape index (κ2) is 11.8. The summed E-state index contributed by atoms with van der Waals surface area (Å²) in [4.78, 5) is 34.6. The van der Waals surface area contributed by atoms with E-state index in [9.17, 15) is 9.18 Å². The van der Waals surface area contributed by atoms with E-state index in [1.807, 2.05) is 11.3 Å². The first-order valence-corrected chi connectivity index (χ1v) is 15.8. The Morgan fingerprint density at radius 2 is 2.10 bits per heavy atom. The molecule has 1 spiro atoms. The quantitative estimate of drug-likeness (QED) is 0.360. The molecule has 10 heteroatoms. The molecule has 8 nitrogen and oxygen atoms in total. The summed E-state index contributed by atoms with van der Waals surface area (Å²) in [5, 5.41) is 2.23. The van der Waals surface area contributed by atoms with Crippen molar-refractivity contribution in [2.24, 2.45) is 10.4 Å². The number of aryl methyl sites for hydroxylation is 1. The average Bonchev–Trinajstić information content (AvgIpc) is 3.61. The predicted octanol–water partition coefficient (Wildman–Crippen LogP) is 4.27. The molecule has 3 atom stereocenters. The van der Waals surface area contributed by atoms with Crippen LogP contribution >= 0.6 is 11.3 Å². The molecule has 6 rings (SSSR count). The Morgan fingerprint density at radius 3 is 2.88 bits per heavy atom. The van der Waals surface area contributed by atoms with Gasteiger partial charge in [-0.2, -0.15) is 9.97 Å². The van der Waals surface area contributed by atoms with E-state index < -0.39 is 11.7 Å². The summed E-state index contributed by atoms with van der Waals surface area (Å²) in [6.45, 7) is 6.44. The van der Waals surface area contributed by atoms with E-state index in [-0.39, 0.29) is 11.5 Å². The lowest BCUT2D eigenvalue weighted by Gasteiger charge is -2.44. The van der Waals surface area contributed by atoms with E-state index in [1.54, 1.807) is 23.0 Å². The Labute approximate surface area is 246 Å². The summed E-state index contributed by atoms with van der Waals surface area (Å²) >= 11 is 1.89. The molecule has 4 aliphatic rings. The van der Waals surface area contributed by atoms with Crippen LogP contribution in [0.25, 0.3) is 0 Å². The maximum absolute atomic E-state index is 13.9. The van der Waals surface area contributed by atoms with Gasteiger partial charge in [0.2, 0.25) is 0 Å². The summed E-state index contributed by atoms with van der Waals surface area (Å²) in [7, 11) is 3.87. The van der Waals surface area contributed by atoms with E-state index in [0.717, 1.165) is 56.6 Å². The highest BCUT2D eigenvalue weighted by Crippen LogP contribution is 2.47. The maximum Gasteiger partial charge on any atom is 0.318 e. The molecule has 0 bridgehead atoms. The Morgan fingerprint density at radius 1 is 1.24 bits per heavy atom. The van der Waals surface area contributed by atoms with Crippen LogP contribution in [0.2, 0.25) is 0 Å². The molecule has 2 aliphatic heterocycles. The number of nitrogens with zero attached hydrogens (tertiary/aromatic N) is 6. The Kier molecular flexibility index (Phi) is 8.14. The fraction of sp³-hybridized carbons (Fsp3) is 0.613. The van der Waals surface area contributed by atoms with Crippen LogP contribution in [0.5, 0.6) is 6.01 Å². The molecule has 4 heterocycles. The Hall–Kier alpha value is -2.85. The number of hydrogen-bond donors (Lipinski definition) is 0. The number of amides is 1. The van der Waals surface area contributed by atoms with E-state index in [4.69, 9.17) is 14.7 Å². The molecular formula is C31H41FN6O2S. The van der Waals surface area contributed by atoms with Gasteiger partial charge in [-0.05, 0) is 87.4 Å². The van der Waals surface area contributed by atoms with Crippen LogP contribution in [0, 0.1) is 5.41 Å². The lowest BCUT2D eigenvalue weighted by atomic mass is 9.65. The highest BCUT2D eigenvalue weighted by atomic mass is 32.1. The first kappa shape index (κ1) is 28.3. The van der Waals surface area contributed by atoms with Crippen molar-refractivity contribution in [3.63, 3.8) is 0 Å². The number of ether oxygens (including phenoxy) is 1. The number of aliphatic imine (C=N–C) groups is 1. The normalized spacial score (nSPS) is 26.4. The number of anilines is 1. The maximum atomic E-state index is 13.9. The van der Waals surface area contributed by atoms with Crippen molar-refractivity contribution in [3.05, 3.63) is 45.6 Å². The molecular weight excluding hydrogens is 539 g/mol. The van der Waals surface area contributed by atoms with Crippen molar-refractivity contribution in [2.75, 3.05) is 51.8 Å². The van der Waals surface area contributed by atoms with Gasteiger partial charge in [-0.1, -0.05) is 6.58 Å². The number of fused-ring (bicyclic) bond motifs is 2. The lowest BCUT2D eigenvalue weighted by molar-refractivity contribution is -0.131. The molecule has 220 valence electrons. The lowest BCUT2D eigenvalue weighted by Crippen LogP contribution is -2.56. The van der Waals surface area contributed by atoms with Gasteiger partial charge in [0, 0.05) is 55.8 Å². The van der Waals surface area contributed by atoms with Crippen LogP contribution in [-0.4, -0.2) is 90.9 Å². The SMILES string of the molecule is C=C(F)C(=O)N1CCN(c2nc(OCC3CCCN3C)nc3c2CCC2(CCc4sccc4C2)C3)CC1CC=NC. The van der Waals surface area contributed by atoms with Crippen molar-refractivity contribution in [1.82, 2.24) is 19.8 Å². The van der Waals surface area contributed by atoms with Gasteiger partial charge in [-0.3, -0.25) is 4.79 Å². The van der Waals surface area contributed by atoms with Crippen LogP contribution in [0.1, 0.15) is 53.8 Å². The van der Waals surface area contributed by atoms with E-state index >= 15 is 0 Å². The first-order valence-electron chi connectivity index (χ1n) is 14.9. The van der Waals surface area contributed by atoms with E-state index in [0.29, 0.717) is 44.7 Å². The summed E-state index contributed by atoms with van der Waals surface area (Å²) in [5.74, 6) is -0.646. The van der Waals surface area contributed by atoms with Gasteiger partial charge in [0.15, 0.2) is 5.83 Å². The molecule has 41 heavy (non-hydrogen) atoms. The second-order valence-corrected chi connectivity index (χ2v) is 13.2. The minimum Gasteiger partial charge on any atom is -0.462 e. The monoisotopic (exact) mass is 580 g/mol. The molecule has 2 aliphatic carbocycles. The third kappa shape index (κ3) is 5.78. The number of carbonyl (C=O) groups is 1. The molecule has 0 saturated carbocycles. The molecule has 1 amide bonds. The van der Waals surface area contributed by atoms with Gasteiger partial charge in [0.05, 0.1) is 11.7 Å². The number of hydrogen-bond acceptors (Lipinski definition) is 8. The van der Waals surface area contributed by atoms with Gasteiger partial charge in [0.25, 0.3) is 5.91 Å². The van der Waals surface area contributed by atoms with Gasteiger partial charge >= 0.3 is 6.01 Å². The predicted molar refractivity (Wildman–Crippen MR) is 161 cm³/mol. The van der Waals surface area contributed by atoms with E-state index in [1.165, 1.54) is 24.0 Å². The van der Waals surface area contributed by atoms with Crippen molar-refractivity contribution in [3.8, 4) is 6.01 Å². The number of rotatable bonds is 7. The molecule has 2 saturated heterocycles. The van der Waals surface area contributed by atoms with Crippen LogP contribution in [0.4, 0.5) is 10.2 Å². The van der Waals surface area contributed by atoms with Crippen molar-refractivity contribution in [1.29, 1.82) is 0 Å². The highest BCUT2D eigenvalue weighted by Gasteiger charge is 2.41. The number of thiophene rings is 1. The summed E-state index contributed by atoms with van der Waals surface area (Å²) < 4.78 is 20.2. The first-order chi connectivity index (χ1) is 19.9. The molecule has 2 aromatic rings. The molecule has 2 fully saturated rings. The fourth-order valence-electron chi connectivity index (χ4n) is 7.30. The van der Waals surface area contributed by atoms with Crippen LogP contribution in [0.3, 0.4) is 0 Å². The Bertz CT molecular complexity index is 1330. The molecule has 0 radical (unpaired) electrons. The van der Waals surface area contributed by atoms with Crippen molar-refractivity contribution in [2.45, 2.75) is 69.9 Å². The second-order valence-electron chi connectivity index (χ2n) is 12.2. The highest BCUT2D eigenvalue weighted by molar-refractivity contribution is 7.10. The van der Waals surface area contributed by atoms with Crippen molar-refractivity contribution < 1.29 is 13.9 Å². The van der Waals surface area contributed by atoms with Gasteiger partial charge in [0.1, 0.15) is 12.4 Å². The van der Waals surface area contributed by atoms with Gasteiger partial charge in [-0.25, -0.2) is 4.39 Å². The van der Waals surface area contributed by atoms with Crippen LogP contribution in [-0.2, 0) is 30.5 Å². The fourth-order valence-corrected chi connectivity index (χ4v) is 8.20. The van der Waals surface area contributed by atoms with Crippen LogP contribution < -0.4 is 9.64 Å². The number of likely N-dealkylation sites (tertiary alicyclic amines) is 1. The van der Waals surface area contributed by atoms with E-state index in [2.05, 4.69) is 39.9 Å². The number of piperazine rings is 1. The van der Waals surface area contributed by atoms with Crippen molar-refractivity contribution >= 4 is 29.3 Å². The third-order valence-electron chi connectivity index (χ3n) is 9.70. The summed E-state index contributed by atoms with van der Waals surface area (Å²) in [6.07, 6.45) is 11.1. The smallest absolute Gasteiger partial charge is 0.318 e. The minimum atomic E-state index is -0.921. The topological polar surface area (TPSA) is 74.2 Å². The zero-order valence-corrected chi connectivity index (χ0v) is 25.1. The summed E-state index contributed by atoms with van der Waals surface area (Å²) in [5.41, 5.74) is 4.05.